The quantitative estimate of drug-likeness (QED) is 0.809. The van der Waals surface area contributed by atoms with Gasteiger partial charge in [-0.15, -0.1) is 0 Å². The predicted molar refractivity (Wildman–Crippen MR) is 86.7 cm³/mol. The van der Waals surface area contributed by atoms with Gasteiger partial charge in [0.15, 0.2) is 0 Å². The summed E-state index contributed by atoms with van der Waals surface area (Å²) in [6.07, 6.45) is 5.87. The zero-order valence-electron chi connectivity index (χ0n) is 13.5. The molecule has 3 N–H and O–H groups in total. The molecule has 0 aliphatic heterocycles. The average Bonchev–Trinajstić information content (AvgIpc) is 2.90. The Morgan fingerprint density at radius 1 is 1.32 bits per heavy atom. The predicted octanol–water partition coefficient (Wildman–Crippen LogP) is 3.55. The molecule has 22 heavy (non-hydrogen) atoms. The fourth-order valence-corrected chi connectivity index (χ4v) is 3.36. The lowest BCUT2D eigenvalue weighted by Gasteiger charge is -2.26. The maximum absolute atomic E-state index is 13.1. The lowest BCUT2D eigenvalue weighted by molar-refractivity contribution is -0.120. The Kier molecular flexibility index (Phi) is 5.95. The Bertz CT molecular complexity index is 486. The Morgan fingerprint density at radius 3 is 2.59 bits per heavy atom. The zero-order valence-corrected chi connectivity index (χ0v) is 13.5. The van der Waals surface area contributed by atoms with E-state index >= 15 is 0 Å². The van der Waals surface area contributed by atoms with Gasteiger partial charge in [0.1, 0.15) is 11.9 Å². The van der Waals surface area contributed by atoms with Crippen LogP contribution in [0.1, 0.15) is 57.6 Å². The van der Waals surface area contributed by atoms with Crippen molar-refractivity contribution in [1.82, 2.24) is 5.32 Å². The molecule has 122 valence electrons. The highest BCUT2D eigenvalue weighted by Crippen LogP contribution is 2.32. The van der Waals surface area contributed by atoms with Crippen LogP contribution in [0.5, 0.6) is 0 Å². The van der Waals surface area contributed by atoms with E-state index < -0.39 is 11.9 Å². The molecule has 1 aromatic rings. The van der Waals surface area contributed by atoms with Crippen LogP contribution < -0.4 is 11.1 Å². The molecule has 0 spiro atoms. The molecule has 0 aromatic heterocycles. The minimum atomic E-state index is -0.537. The third-order valence-corrected chi connectivity index (χ3v) is 4.64. The molecule has 0 heterocycles. The second-order valence-electron chi connectivity index (χ2n) is 6.82. The van der Waals surface area contributed by atoms with Crippen LogP contribution in [-0.2, 0) is 4.79 Å². The minimum Gasteiger partial charge on any atom is -0.368 e. The third kappa shape index (κ3) is 4.54. The normalized spacial score (nSPS) is 22.9. The molecule has 1 aliphatic rings. The molecule has 1 aliphatic carbocycles. The molecule has 4 heteroatoms. The Hall–Kier alpha value is -1.42. The lowest BCUT2D eigenvalue weighted by Crippen LogP contribution is -2.41. The molecule has 0 saturated heterocycles. The number of carbonyl (C=O) groups is 1. The monoisotopic (exact) mass is 306 g/mol. The molecular weight excluding hydrogens is 279 g/mol. The van der Waals surface area contributed by atoms with Gasteiger partial charge in [0, 0.05) is 6.04 Å². The van der Waals surface area contributed by atoms with Crippen molar-refractivity contribution in [3.8, 4) is 0 Å². The van der Waals surface area contributed by atoms with E-state index in [9.17, 15) is 9.18 Å². The van der Waals surface area contributed by atoms with Crippen LogP contribution in [0.25, 0.3) is 0 Å². The highest BCUT2D eigenvalue weighted by atomic mass is 19.1. The first-order valence-electron chi connectivity index (χ1n) is 8.28. The second kappa shape index (κ2) is 7.73. The molecular formula is C18H27FN2O. The van der Waals surface area contributed by atoms with E-state index in [2.05, 4.69) is 19.2 Å². The largest absolute Gasteiger partial charge is 0.368 e. The summed E-state index contributed by atoms with van der Waals surface area (Å²) in [7, 11) is 0. The molecule has 1 amide bonds. The van der Waals surface area contributed by atoms with E-state index in [1.54, 1.807) is 12.1 Å². The summed E-state index contributed by atoms with van der Waals surface area (Å²) < 4.78 is 13.1. The van der Waals surface area contributed by atoms with Crippen LogP contribution in [0.15, 0.2) is 24.3 Å². The summed E-state index contributed by atoms with van der Waals surface area (Å²) in [5, 5.41) is 3.43. The maximum Gasteiger partial charge on any atom is 0.239 e. The first kappa shape index (κ1) is 16.9. The third-order valence-electron chi connectivity index (χ3n) is 4.64. The van der Waals surface area contributed by atoms with Gasteiger partial charge in [0.2, 0.25) is 5.91 Å². The number of primary amides is 1. The van der Waals surface area contributed by atoms with Gasteiger partial charge in [0.25, 0.3) is 0 Å². The van der Waals surface area contributed by atoms with E-state index in [0.29, 0.717) is 17.9 Å². The van der Waals surface area contributed by atoms with Crippen LogP contribution in [0.3, 0.4) is 0 Å². The molecule has 3 atom stereocenters. The van der Waals surface area contributed by atoms with Crippen LogP contribution in [-0.4, -0.2) is 11.9 Å². The average molecular weight is 306 g/mol. The summed E-state index contributed by atoms with van der Waals surface area (Å²) in [4.78, 5) is 11.8. The van der Waals surface area contributed by atoms with Gasteiger partial charge >= 0.3 is 0 Å². The van der Waals surface area contributed by atoms with Crippen molar-refractivity contribution in [3.05, 3.63) is 35.6 Å². The van der Waals surface area contributed by atoms with Gasteiger partial charge in [-0.2, -0.15) is 0 Å². The van der Waals surface area contributed by atoms with Crippen LogP contribution in [0, 0.1) is 17.7 Å². The molecule has 1 saturated carbocycles. The summed E-state index contributed by atoms with van der Waals surface area (Å²) in [5.74, 6) is 0.596. The van der Waals surface area contributed by atoms with Gasteiger partial charge in [-0.05, 0) is 48.8 Å². The van der Waals surface area contributed by atoms with E-state index in [-0.39, 0.29) is 5.82 Å². The Morgan fingerprint density at radius 2 is 2.00 bits per heavy atom. The van der Waals surface area contributed by atoms with Gasteiger partial charge in [-0.3, -0.25) is 10.1 Å². The molecule has 0 bridgehead atoms. The number of carbonyl (C=O) groups excluding carboxylic acids is 1. The van der Waals surface area contributed by atoms with Gasteiger partial charge in [-0.1, -0.05) is 38.8 Å². The number of nitrogens with one attached hydrogen (secondary N) is 1. The second-order valence-corrected chi connectivity index (χ2v) is 6.82. The first-order valence-corrected chi connectivity index (χ1v) is 8.28. The maximum atomic E-state index is 13.1. The molecule has 0 unspecified atom stereocenters. The van der Waals surface area contributed by atoms with E-state index in [1.165, 1.54) is 37.8 Å². The minimum absolute atomic E-state index is 0.303. The molecule has 3 nitrogen and oxygen atoms in total. The fraction of sp³-hybridized carbons (Fsp3) is 0.611. The number of hydrogen-bond acceptors (Lipinski definition) is 2. The standard InChI is InChI=1S/C18H27FN2O/c1-12(2)6-7-13-4-3-5-16(13)21-17(18(20)22)14-8-10-15(19)11-9-14/h8-13,16-17,21H,3-7H2,1-2H3,(H2,20,22)/t13-,16+,17+/m0/s1. The number of benzene rings is 1. The summed E-state index contributed by atoms with van der Waals surface area (Å²) >= 11 is 0. The topological polar surface area (TPSA) is 55.1 Å². The van der Waals surface area contributed by atoms with Gasteiger partial charge < -0.3 is 5.73 Å². The fourth-order valence-electron chi connectivity index (χ4n) is 3.36. The SMILES string of the molecule is CC(C)CC[C@@H]1CCC[C@H]1N[C@@H](C(N)=O)c1ccc(F)cc1. The van der Waals surface area contributed by atoms with Crippen molar-refractivity contribution in [2.75, 3.05) is 0 Å². The Labute approximate surface area is 132 Å². The number of amides is 1. The van der Waals surface area contributed by atoms with Gasteiger partial charge in [-0.25, -0.2) is 4.39 Å². The van der Waals surface area contributed by atoms with Crippen molar-refractivity contribution in [2.24, 2.45) is 17.6 Å². The number of nitrogens with two attached hydrogens (primary N) is 1. The van der Waals surface area contributed by atoms with Crippen molar-refractivity contribution < 1.29 is 9.18 Å². The van der Waals surface area contributed by atoms with Crippen LogP contribution in [0.2, 0.25) is 0 Å². The number of hydrogen-bond donors (Lipinski definition) is 2. The lowest BCUT2D eigenvalue weighted by atomic mass is 9.92. The number of halogens is 1. The van der Waals surface area contributed by atoms with Crippen molar-refractivity contribution in [3.63, 3.8) is 0 Å². The van der Waals surface area contributed by atoms with Crippen molar-refractivity contribution in [1.29, 1.82) is 0 Å². The smallest absolute Gasteiger partial charge is 0.239 e. The number of rotatable bonds is 7. The molecule has 0 radical (unpaired) electrons. The van der Waals surface area contributed by atoms with E-state index in [4.69, 9.17) is 5.73 Å². The highest BCUT2D eigenvalue weighted by molar-refractivity contribution is 5.81. The first-order chi connectivity index (χ1) is 10.5. The van der Waals surface area contributed by atoms with Crippen LogP contribution in [0.4, 0.5) is 4.39 Å². The highest BCUT2D eigenvalue weighted by Gasteiger charge is 2.31. The summed E-state index contributed by atoms with van der Waals surface area (Å²) in [6, 6.07) is 5.80. The van der Waals surface area contributed by atoms with E-state index in [0.717, 1.165) is 12.0 Å². The van der Waals surface area contributed by atoms with Crippen molar-refractivity contribution >= 4 is 5.91 Å². The molecule has 1 aromatic carbocycles. The summed E-state index contributed by atoms with van der Waals surface area (Å²) in [6.45, 7) is 4.48. The van der Waals surface area contributed by atoms with Crippen LogP contribution >= 0.6 is 0 Å². The molecule has 2 rings (SSSR count). The van der Waals surface area contributed by atoms with Gasteiger partial charge in [0.05, 0.1) is 0 Å². The van der Waals surface area contributed by atoms with Crippen molar-refractivity contribution in [2.45, 2.75) is 58.0 Å². The zero-order chi connectivity index (χ0) is 16.1. The summed E-state index contributed by atoms with van der Waals surface area (Å²) in [5.41, 5.74) is 6.30. The van der Waals surface area contributed by atoms with E-state index in [1.807, 2.05) is 0 Å². The molecule has 1 fully saturated rings. The Balaban J connectivity index is 2.04.